The molecule has 0 unspecified atom stereocenters. The van der Waals surface area contributed by atoms with Crippen LogP contribution in [-0.2, 0) is 13.6 Å². The van der Waals surface area contributed by atoms with Gasteiger partial charge < -0.3 is 5.32 Å². The lowest BCUT2D eigenvalue weighted by Crippen LogP contribution is -2.35. The molecule has 3 aromatic heterocycles. The van der Waals surface area contributed by atoms with Crippen LogP contribution in [0.3, 0.4) is 0 Å². The lowest BCUT2D eigenvalue weighted by molar-refractivity contribution is 0.194. The van der Waals surface area contributed by atoms with Gasteiger partial charge in [0.05, 0.1) is 11.4 Å². The number of hydrogen-bond donors (Lipinski definition) is 1. The summed E-state index contributed by atoms with van der Waals surface area (Å²) >= 11 is 0. The van der Waals surface area contributed by atoms with Gasteiger partial charge in [0.15, 0.2) is 5.82 Å². The van der Waals surface area contributed by atoms with Gasteiger partial charge in [-0.3, -0.25) is 14.6 Å². The number of nitrogens with one attached hydrogen (secondary N) is 1. The number of aryl methyl sites for hydroxylation is 2. The molecular weight excluding hydrogens is 338 g/mol. The van der Waals surface area contributed by atoms with Crippen molar-refractivity contribution >= 4 is 11.6 Å². The van der Waals surface area contributed by atoms with Crippen molar-refractivity contribution in [1.29, 1.82) is 0 Å². The Balaban J connectivity index is 1.52. The minimum absolute atomic E-state index is 0.354. The molecule has 0 spiro atoms. The predicted molar refractivity (Wildman–Crippen MR) is 105 cm³/mol. The Morgan fingerprint density at radius 3 is 2.74 bits per heavy atom. The van der Waals surface area contributed by atoms with Gasteiger partial charge in [-0.25, -0.2) is 9.97 Å². The fourth-order valence-electron chi connectivity index (χ4n) is 3.68. The van der Waals surface area contributed by atoms with Crippen LogP contribution >= 0.6 is 0 Å². The lowest BCUT2D eigenvalue weighted by atomic mass is 9.94. The SMILES string of the molecule is Cc1cccnc1Nc1nccnc1[C@H]1CCCN(Cc2ccnn2C)C1. The minimum atomic E-state index is 0.354. The fraction of sp³-hybridized carbons (Fsp3) is 0.400. The van der Waals surface area contributed by atoms with E-state index in [1.807, 2.05) is 37.0 Å². The summed E-state index contributed by atoms with van der Waals surface area (Å²) in [6.07, 6.45) is 9.45. The maximum atomic E-state index is 4.68. The Morgan fingerprint density at radius 2 is 1.93 bits per heavy atom. The third-order valence-corrected chi connectivity index (χ3v) is 5.17. The number of anilines is 2. The van der Waals surface area contributed by atoms with E-state index in [9.17, 15) is 0 Å². The highest BCUT2D eigenvalue weighted by Crippen LogP contribution is 2.31. The quantitative estimate of drug-likeness (QED) is 0.751. The summed E-state index contributed by atoms with van der Waals surface area (Å²) < 4.78 is 1.95. The average molecular weight is 363 g/mol. The summed E-state index contributed by atoms with van der Waals surface area (Å²) in [7, 11) is 2.00. The van der Waals surface area contributed by atoms with Crippen molar-refractivity contribution < 1.29 is 0 Å². The molecule has 0 amide bonds. The predicted octanol–water partition coefficient (Wildman–Crippen LogP) is 3.04. The van der Waals surface area contributed by atoms with Gasteiger partial charge in [-0.05, 0) is 44.0 Å². The van der Waals surface area contributed by atoms with Crippen molar-refractivity contribution in [2.75, 3.05) is 18.4 Å². The van der Waals surface area contributed by atoms with E-state index in [1.165, 1.54) is 5.69 Å². The van der Waals surface area contributed by atoms with Crippen LogP contribution in [0.2, 0.25) is 0 Å². The molecule has 0 aromatic carbocycles. The Hall–Kier alpha value is -2.80. The molecular formula is C20H25N7. The molecule has 4 rings (SSSR count). The first kappa shape index (κ1) is 17.6. The molecule has 0 bridgehead atoms. The van der Waals surface area contributed by atoms with E-state index in [-0.39, 0.29) is 0 Å². The van der Waals surface area contributed by atoms with E-state index in [0.29, 0.717) is 5.92 Å². The summed E-state index contributed by atoms with van der Waals surface area (Å²) in [6.45, 7) is 5.03. The van der Waals surface area contributed by atoms with Crippen LogP contribution in [-0.4, -0.2) is 42.7 Å². The number of hydrogen-bond acceptors (Lipinski definition) is 6. The summed E-state index contributed by atoms with van der Waals surface area (Å²) in [5.74, 6) is 2.00. The zero-order chi connectivity index (χ0) is 18.6. The topological polar surface area (TPSA) is 71.8 Å². The molecule has 1 aliphatic heterocycles. The molecule has 3 aromatic rings. The molecule has 1 saturated heterocycles. The highest BCUT2D eigenvalue weighted by atomic mass is 15.3. The lowest BCUT2D eigenvalue weighted by Gasteiger charge is -2.32. The molecule has 0 saturated carbocycles. The molecule has 0 radical (unpaired) electrons. The van der Waals surface area contributed by atoms with Crippen molar-refractivity contribution in [2.24, 2.45) is 7.05 Å². The van der Waals surface area contributed by atoms with E-state index >= 15 is 0 Å². The van der Waals surface area contributed by atoms with Crippen LogP contribution in [0.5, 0.6) is 0 Å². The molecule has 0 aliphatic carbocycles. The number of aromatic nitrogens is 5. The maximum Gasteiger partial charge on any atom is 0.153 e. The maximum absolute atomic E-state index is 4.68. The smallest absolute Gasteiger partial charge is 0.153 e. The van der Waals surface area contributed by atoms with Crippen molar-refractivity contribution in [3.8, 4) is 0 Å². The third-order valence-electron chi connectivity index (χ3n) is 5.17. The number of rotatable bonds is 5. The first-order valence-corrected chi connectivity index (χ1v) is 9.39. The van der Waals surface area contributed by atoms with Crippen LogP contribution in [0.4, 0.5) is 11.6 Å². The van der Waals surface area contributed by atoms with Gasteiger partial charge >= 0.3 is 0 Å². The van der Waals surface area contributed by atoms with E-state index < -0.39 is 0 Å². The molecule has 7 nitrogen and oxygen atoms in total. The Kier molecular flexibility index (Phi) is 5.11. The number of pyridine rings is 1. The van der Waals surface area contributed by atoms with Crippen LogP contribution in [0, 0.1) is 6.92 Å². The molecule has 7 heteroatoms. The summed E-state index contributed by atoms with van der Waals surface area (Å²) in [5, 5.41) is 7.67. The summed E-state index contributed by atoms with van der Waals surface area (Å²) in [5.41, 5.74) is 3.35. The van der Waals surface area contributed by atoms with Gasteiger partial charge in [-0.2, -0.15) is 5.10 Å². The van der Waals surface area contributed by atoms with Crippen LogP contribution < -0.4 is 5.32 Å². The zero-order valence-corrected chi connectivity index (χ0v) is 15.8. The van der Waals surface area contributed by atoms with Crippen LogP contribution in [0.15, 0.2) is 43.0 Å². The van der Waals surface area contributed by atoms with Crippen molar-refractivity contribution in [3.63, 3.8) is 0 Å². The molecule has 4 heterocycles. The summed E-state index contributed by atoms with van der Waals surface area (Å²) in [6, 6.07) is 6.07. The van der Waals surface area contributed by atoms with Crippen molar-refractivity contribution in [1.82, 2.24) is 29.6 Å². The second-order valence-corrected chi connectivity index (χ2v) is 7.10. The molecule has 140 valence electrons. The Bertz CT molecular complexity index is 905. The van der Waals surface area contributed by atoms with Crippen molar-refractivity contribution in [3.05, 3.63) is 59.9 Å². The minimum Gasteiger partial charge on any atom is -0.323 e. The fourth-order valence-corrected chi connectivity index (χ4v) is 3.68. The van der Waals surface area contributed by atoms with Gasteiger partial charge in [0, 0.05) is 50.8 Å². The second kappa shape index (κ2) is 7.84. The first-order chi connectivity index (χ1) is 13.2. The van der Waals surface area contributed by atoms with Crippen LogP contribution in [0.25, 0.3) is 0 Å². The third kappa shape index (κ3) is 3.98. The van der Waals surface area contributed by atoms with Gasteiger partial charge in [0.1, 0.15) is 5.82 Å². The first-order valence-electron chi connectivity index (χ1n) is 9.39. The van der Waals surface area contributed by atoms with E-state index in [4.69, 9.17) is 0 Å². The second-order valence-electron chi connectivity index (χ2n) is 7.10. The Labute approximate surface area is 159 Å². The number of piperidine rings is 1. The average Bonchev–Trinajstić information content (AvgIpc) is 3.09. The van der Waals surface area contributed by atoms with E-state index in [2.05, 4.69) is 36.3 Å². The number of nitrogens with zero attached hydrogens (tertiary/aromatic N) is 6. The van der Waals surface area contributed by atoms with E-state index in [1.54, 1.807) is 18.6 Å². The molecule has 1 fully saturated rings. The molecule has 1 atom stereocenters. The highest BCUT2D eigenvalue weighted by Gasteiger charge is 2.25. The standard InChI is InChI=1S/C20H25N7/c1-15-5-3-8-22-19(15)25-20-18(21-10-11-23-20)16-6-4-12-27(13-16)14-17-7-9-24-26(17)2/h3,5,7-11,16H,4,6,12-14H2,1-2H3,(H,22,23,25)/t16-/m0/s1. The van der Waals surface area contributed by atoms with Gasteiger partial charge in [-0.15, -0.1) is 0 Å². The summed E-state index contributed by atoms with van der Waals surface area (Å²) in [4.78, 5) is 16.2. The molecule has 1 aliphatic rings. The van der Waals surface area contributed by atoms with Gasteiger partial charge in [-0.1, -0.05) is 6.07 Å². The normalized spacial score (nSPS) is 17.8. The molecule has 27 heavy (non-hydrogen) atoms. The monoisotopic (exact) mass is 363 g/mol. The van der Waals surface area contributed by atoms with E-state index in [0.717, 1.165) is 55.4 Å². The van der Waals surface area contributed by atoms with Crippen LogP contribution in [0.1, 0.15) is 35.7 Å². The largest absolute Gasteiger partial charge is 0.323 e. The van der Waals surface area contributed by atoms with Gasteiger partial charge in [0.25, 0.3) is 0 Å². The molecule has 1 N–H and O–H groups in total. The van der Waals surface area contributed by atoms with Crippen molar-refractivity contribution in [2.45, 2.75) is 32.2 Å². The van der Waals surface area contributed by atoms with Gasteiger partial charge in [0.2, 0.25) is 0 Å². The zero-order valence-electron chi connectivity index (χ0n) is 15.8. The highest BCUT2D eigenvalue weighted by molar-refractivity contribution is 5.57. The Morgan fingerprint density at radius 1 is 1.07 bits per heavy atom. The number of likely N-dealkylation sites (tertiary alicyclic amines) is 1.